The van der Waals surface area contributed by atoms with E-state index in [0.717, 1.165) is 12.8 Å². The molecule has 2 aliphatic carbocycles. The molecule has 2 aliphatic rings. The van der Waals surface area contributed by atoms with Crippen LogP contribution in [0.2, 0.25) is 0 Å². The Balaban J connectivity index is 0.000000129. The van der Waals surface area contributed by atoms with E-state index in [2.05, 4.69) is 84.9 Å². The van der Waals surface area contributed by atoms with E-state index < -0.39 is 0 Å². The molecular weight excluding hydrogens is 337 g/mol. The van der Waals surface area contributed by atoms with Crippen LogP contribution in [0.3, 0.4) is 0 Å². The summed E-state index contributed by atoms with van der Waals surface area (Å²) < 4.78 is 0. The topological polar surface area (TPSA) is 0 Å². The van der Waals surface area contributed by atoms with Crippen molar-refractivity contribution in [3.8, 4) is 22.3 Å². The summed E-state index contributed by atoms with van der Waals surface area (Å²) in [7, 11) is 0. The Bertz CT molecular complexity index is 918. The zero-order valence-electron chi connectivity index (χ0n) is 15.2. The summed E-state index contributed by atoms with van der Waals surface area (Å²) >= 11 is 0. The summed E-state index contributed by atoms with van der Waals surface area (Å²) in [5, 5.41) is 0. The molecule has 4 aromatic rings. The second-order valence-electron chi connectivity index (χ2n) is 6.79. The first kappa shape index (κ1) is 18.0. The Morgan fingerprint density at radius 3 is 1.37 bits per heavy atom. The SMILES string of the molecule is [Mg+2].[c-]1cccc2c1Cc1ccccc1-2.[c-]1cccc2c1Cc1ccccc1-2. The van der Waals surface area contributed by atoms with Gasteiger partial charge >= 0.3 is 23.1 Å². The molecule has 124 valence electrons. The van der Waals surface area contributed by atoms with Gasteiger partial charge in [-0.15, -0.1) is 11.1 Å². The van der Waals surface area contributed by atoms with Gasteiger partial charge in [-0.3, -0.25) is 0 Å². The predicted octanol–water partition coefficient (Wildman–Crippen LogP) is 5.74. The van der Waals surface area contributed by atoms with Gasteiger partial charge in [-0.1, -0.05) is 70.8 Å². The average molecular weight is 355 g/mol. The maximum atomic E-state index is 3.30. The molecule has 0 amide bonds. The number of benzene rings is 4. The van der Waals surface area contributed by atoms with E-state index in [1.54, 1.807) is 0 Å². The van der Waals surface area contributed by atoms with Crippen LogP contribution in [0.4, 0.5) is 0 Å². The van der Waals surface area contributed by atoms with Gasteiger partial charge in [0.15, 0.2) is 0 Å². The van der Waals surface area contributed by atoms with Gasteiger partial charge in [0.25, 0.3) is 0 Å². The molecule has 6 rings (SSSR count). The third kappa shape index (κ3) is 3.33. The molecule has 0 unspecified atom stereocenters. The van der Waals surface area contributed by atoms with Crippen LogP contribution in [0.1, 0.15) is 22.3 Å². The van der Waals surface area contributed by atoms with Crippen LogP contribution in [-0.4, -0.2) is 23.1 Å². The molecule has 0 saturated carbocycles. The summed E-state index contributed by atoms with van der Waals surface area (Å²) in [6.07, 6.45) is 2.10. The molecule has 0 radical (unpaired) electrons. The molecule has 0 saturated heterocycles. The Morgan fingerprint density at radius 2 is 0.889 bits per heavy atom. The second kappa shape index (κ2) is 7.72. The van der Waals surface area contributed by atoms with Crippen molar-refractivity contribution in [1.82, 2.24) is 0 Å². The molecule has 0 fully saturated rings. The van der Waals surface area contributed by atoms with Gasteiger partial charge in [-0.05, 0) is 12.8 Å². The zero-order valence-corrected chi connectivity index (χ0v) is 16.6. The van der Waals surface area contributed by atoms with E-state index >= 15 is 0 Å². The fourth-order valence-corrected chi connectivity index (χ4v) is 4.00. The fraction of sp³-hybridized carbons (Fsp3) is 0.0769. The minimum atomic E-state index is 0. The van der Waals surface area contributed by atoms with Gasteiger partial charge in [0.1, 0.15) is 0 Å². The van der Waals surface area contributed by atoms with Gasteiger partial charge in [0.05, 0.1) is 0 Å². The number of hydrogen-bond donors (Lipinski definition) is 0. The molecule has 0 aromatic heterocycles. The monoisotopic (exact) mass is 354 g/mol. The third-order valence-electron chi connectivity index (χ3n) is 5.23. The van der Waals surface area contributed by atoms with E-state index in [-0.39, 0.29) is 23.1 Å². The molecule has 0 bridgehead atoms. The number of fused-ring (bicyclic) bond motifs is 6. The molecule has 0 nitrogen and oxygen atoms in total. The molecule has 0 atom stereocenters. The number of rotatable bonds is 0. The summed E-state index contributed by atoms with van der Waals surface area (Å²) in [5.74, 6) is 0. The molecule has 0 spiro atoms. The fourth-order valence-electron chi connectivity index (χ4n) is 4.00. The van der Waals surface area contributed by atoms with Crippen molar-refractivity contribution in [2.75, 3.05) is 0 Å². The minimum Gasteiger partial charge on any atom is -0.179 e. The zero-order chi connectivity index (χ0) is 17.3. The van der Waals surface area contributed by atoms with Gasteiger partial charge in [-0.25, -0.2) is 0 Å². The van der Waals surface area contributed by atoms with Crippen LogP contribution < -0.4 is 0 Å². The first-order valence-electron chi connectivity index (χ1n) is 9.06. The van der Waals surface area contributed by atoms with Crippen LogP contribution in [0.15, 0.2) is 84.9 Å². The number of hydrogen-bond acceptors (Lipinski definition) is 0. The average Bonchev–Trinajstić information content (AvgIpc) is 3.27. The minimum absolute atomic E-state index is 0. The molecule has 0 aliphatic heterocycles. The van der Waals surface area contributed by atoms with E-state index in [4.69, 9.17) is 0 Å². The van der Waals surface area contributed by atoms with Crippen molar-refractivity contribution in [3.05, 3.63) is 119 Å². The largest absolute Gasteiger partial charge is 2.00 e. The van der Waals surface area contributed by atoms with Crippen LogP contribution >= 0.6 is 0 Å². The Labute approximate surface area is 177 Å². The van der Waals surface area contributed by atoms with Gasteiger partial charge in [-0.2, -0.15) is 59.7 Å². The Hall–Kier alpha value is -2.35. The predicted molar refractivity (Wildman–Crippen MR) is 113 cm³/mol. The summed E-state index contributed by atoms with van der Waals surface area (Å²) in [6, 6.07) is 36.2. The van der Waals surface area contributed by atoms with Crippen molar-refractivity contribution in [2.45, 2.75) is 12.8 Å². The van der Waals surface area contributed by atoms with Crippen LogP contribution in [0.5, 0.6) is 0 Å². The second-order valence-corrected chi connectivity index (χ2v) is 6.79. The standard InChI is InChI=1S/2C13H9.Mg/c2*1-3-7-12-10(5-1)9-11-6-2-4-8-13(11)12;/h2*1-5,7-8H,9H2;/q2*-1;+2. The third-order valence-corrected chi connectivity index (χ3v) is 5.23. The summed E-state index contributed by atoms with van der Waals surface area (Å²) in [6.45, 7) is 0. The first-order chi connectivity index (χ1) is 12.9. The van der Waals surface area contributed by atoms with Crippen LogP contribution in [0, 0.1) is 12.1 Å². The molecule has 0 heterocycles. The van der Waals surface area contributed by atoms with Crippen molar-refractivity contribution in [2.24, 2.45) is 0 Å². The smallest absolute Gasteiger partial charge is 0.179 e. The molecular formula is C26H18Mg. The Morgan fingerprint density at radius 1 is 0.481 bits per heavy atom. The van der Waals surface area contributed by atoms with Crippen LogP contribution in [-0.2, 0) is 12.8 Å². The van der Waals surface area contributed by atoms with E-state index in [0.29, 0.717) is 0 Å². The molecule has 4 aromatic carbocycles. The van der Waals surface area contributed by atoms with Gasteiger partial charge in [0, 0.05) is 0 Å². The maximum Gasteiger partial charge on any atom is 2.00 e. The van der Waals surface area contributed by atoms with Gasteiger partial charge in [0.2, 0.25) is 0 Å². The molecule has 0 N–H and O–H groups in total. The van der Waals surface area contributed by atoms with Crippen molar-refractivity contribution >= 4 is 23.1 Å². The summed E-state index contributed by atoms with van der Waals surface area (Å²) in [5.41, 5.74) is 11.0. The Kier molecular flexibility index (Phi) is 5.15. The van der Waals surface area contributed by atoms with E-state index in [9.17, 15) is 0 Å². The van der Waals surface area contributed by atoms with Crippen molar-refractivity contribution < 1.29 is 0 Å². The van der Waals surface area contributed by atoms with E-state index in [1.807, 2.05) is 12.1 Å². The summed E-state index contributed by atoms with van der Waals surface area (Å²) in [4.78, 5) is 0. The quantitative estimate of drug-likeness (QED) is 0.241. The normalized spacial score (nSPS) is 11.9. The van der Waals surface area contributed by atoms with Crippen molar-refractivity contribution in [3.63, 3.8) is 0 Å². The molecule has 1 heteroatoms. The van der Waals surface area contributed by atoms with Crippen LogP contribution in [0.25, 0.3) is 22.3 Å². The molecule has 27 heavy (non-hydrogen) atoms. The first-order valence-corrected chi connectivity index (χ1v) is 9.06. The van der Waals surface area contributed by atoms with Gasteiger partial charge < -0.3 is 0 Å². The van der Waals surface area contributed by atoms with E-state index in [1.165, 1.54) is 44.5 Å². The van der Waals surface area contributed by atoms with Crippen molar-refractivity contribution in [1.29, 1.82) is 0 Å². The maximum absolute atomic E-state index is 3.30.